The van der Waals surface area contributed by atoms with E-state index >= 15 is 0 Å². The number of imidazole rings is 1. The number of carbonyl (C=O) groups excluding carboxylic acids is 1. The van der Waals surface area contributed by atoms with Crippen molar-refractivity contribution in [3.63, 3.8) is 0 Å². The molecule has 0 aliphatic heterocycles. The van der Waals surface area contributed by atoms with Gasteiger partial charge in [-0.3, -0.25) is 4.84 Å². The van der Waals surface area contributed by atoms with E-state index in [1.807, 2.05) is 24.4 Å². The van der Waals surface area contributed by atoms with Crippen LogP contribution in [0.5, 0.6) is 0 Å². The molecule has 20 heavy (non-hydrogen) atoms. The van der Waals surface area contributed by atoms with E-state index in [1.165, 1.54) is 0 Å². The second-order valence-corrected chi connectivity index (χ2v) is 5.24. The number of rotatable bonds is 6. The van der Waals surface area contributed by atoms with Gasteiger partial charge in [0, 0.05) is 9.77 Å². The van der Waals surface area contributed by atoms with Crippen molar-refractivity contribution in [2.24, 2.45) is 5.73 Å². The summed E-state index contributed by atoms with van der Waals surface area (Å²) in [7, 11) is 0. The molecule has 0 atom stereocenters. The Balaban J connectivity index is 1.90. The molecular formula is C13H15IN4O2. The van der Waals surface area contributed by atoms with Crippen molar-refractivity contribution in [3.05, 3.63) is 46.1 Å². The molecule has 0 saturated carbocycles. The summed E-state index contributed by atoms with van der Waals surface area (Å²) in [6, 6.07) is 6.77. The zero-order chi connectivity index (χ0) is 14.4. The van der Waals surface area contributed by atoms with Gasteiger partial charge in [0.15, 0.2) is 0 Å². The third-order valence-corrected chi connectivity index (χ3v) is 3.54. The number of nitrogens with zero attached hydrogens (tertiary/aromatic N) is 2. The van der Waals surface area contributed by atoms with Gasteiger partial charge in [0.25, 0.3) is 0 Å². The fourth-order valence-electron chi connectivity index (χ4n) is 1.71. The van der Waals surface area contributed by atoms with Crippen molar-refractivity contribution in [2.75, 3.05) is 11.7 Å². The number of nitrogens with one attached hydrogen (secondary N) is 1. The van der Waals surface area contributed by atoms with E-state index in [0.717, 1.165) is 27.2 Å². The zero-order valence-electron chi connectivity index (χ0n) is 10.8. The van der Waals surface area contributed by atoms with Crippen LogP contribution in [0.3, 0.4) is 0 Å². The van der Waals surface area contributed by atoms with Crippen LogP contribution in [0.25, 0.3) is 0 Å². The Morgan fingerprint density at radius 3 is 2.90 bits per heavy atom. The minimum atomic E-state index is -0.631. The smallest absolute Gasteiger partial charge is 0.343 e. The molecule has 0 aliphatic rings. The van der Waals surface area contributed by atoms with Gasteiger partial charge >= 0.3 is 6.03 Å². The predicted molar refractivity (Wildman–Crippen MR) is 84.1 cm³/mol. The predicted octanol–water partition coefficient (Wildman–Crippen LogP) is 2.46. The highest BCUT2D eigenvalue weighted by Crippen LogP contribution is 2.22. The second-order valence-electron chi connectivity index (χ2n) is 4.08. The highest BCUT2D eigenvalue weighted by molar-refractivity contribution is 14.1. The number of urea groups is 1. The maximum absolute atomic E-state index is 11.5. The minimum Gasteiger partial charge on any atom is -0.351 e. The Bertz CT molecular complexity index is 559. The number of carbonyl (C=O) groups is 1. The molecule has 6 nitrogen and oxygen atoms in total. The zero-order valence-corrected chi connectivity index (χ0v) is 12.9. The van der Waals surface area contributed by atoms with E-state index in [0.29, 0.717) is 12.3 Å². The number of para-hydroxylation sites is 1. The second kappa shape index (κ2) is 7.25. The van der Waals surface area contributed by atoms with Gasteiger partial charge in [-0.2, -0.15) is 5.06 Å². The Morgan fingerprint density at radius 2 is 2.25 bits per heavy atom. The summed E-state index contributed by atoms with van der Waals surface area (Å²) < 4.78 is 0.899. The number of benzene rings is 1. The summed E-state index contributed by atoms with van der Waals surface area (Å²) in [5.74, 6) is 0. The van der Waals surface area contributed by atoms with Crippen molar-refractivity contribution in [3.8, 4) is 0 Å². The standard InChI is InChI=1S/C13H15IN4O2/c14-11-5-1-2-6-12(11)18(13(15)19)20-7-3-4-10-8-16-9-17-10/h1-2,5-6,8-9H,3-4,7H2,(H2,15,19)(H,16,17). The normalized spacial score (nSPS) is 10.4. The van der Waals surface area contributed by atoms with Gasteiger partial charge < -0.3 is 10.7 Å². The number of hydroxylamine groups is 1. The average Bonchev–Trinajstić information content (AvgIpc) is 2.93. The first kappa shape index (κ1) is 14.8. The SMILES string of the molecule is NC(=O)N(OCCCc1c[nH]cn1)c1ccccc1I. The third-order valence-electron chi connectivity index (χ3n) is 2.62. The number of hydrogen-bond acceptors (Lipinski definition) is 3. The van der Waals surface area contributed by atoms with Crippen LogP contribution in [-0.2, 0) is 11.3 Å². The van der Waals surface area contributed by atoms with E-state index < -0.39 is 6.03 Å². The Hall–Kier alpha value is -1.61. The lowest BCUT2D eigenvalue weighted by atomic mass is 10.3. The molecule has 2 aromatic rings. The number of H-pyrrole nitrogens is 1. The van der Waals surface area contributed by atoms with E-state index in [9.17, 15) is 4.79 Å². The number of primary amides is 1. The molecule has 7 heteroatoms. The third kappa shape index (κ3) is 3.94. The number of anilines is 1. The minimum absolute atomic E-state index is 0.390. The highest BCUT2D eigenvalue weighted by atomic mass is 127. The fraction of sp³-hybridized carbons (Fsp3) is 0.231. The van der Waals surface area contributed by atoms with Crippen LogP contribution in [0.4, 0.5) is 10.5 Å². The van der Waals surface area contributed by atoms with Gasteiger partial charge in [0.2, 0.25) is 0 Å². The first-order valence-electron chi connectivity index (χ1n) is 6.13. The maximum atomic E-state index is 11.5. The van der Waals surface area contributed by atoms with Crippen LogP contribution in [0, 0.1) is 3.57 Å². The monoisotopic (exact) mass is 386 g/mol. The van der Waals surface area contributed by atoms with Crippen molar-refractivity contribution in [2.45, 2.75) is 12.8 Å². The van der Waals surface area contributed by atoms with Gasteiger partial charge in [-0.25, -0.2) is 9.78 Å². The van der Waals surface area contributed by atoms with E-state index in [1.54, 1.807) is 12.4 Å². The number of halogens is 1. The molecule has 106 valence electrons. The average molecular weight is 386 g/mol. The molecule has 1 aromatic heterocycles. The largest absolute Gasteiger partial charge is 0.351 e. The molecule has 2 amide bonds. The lowest BCUT2D eigenvalue weighted by Gasteiger charge is -2.20. The molecule has 1 heterocycles. The maximum Gasteiger partial charge on any atom is 0.343 e. The number of hydrogen-bond donors (Lipinski definition) is 2. The van der Waals surface area contributed by atoms with Crippen molar-refractivity contribution >= 4 is 34.3 Å². The summed E-state index contributed by atoms with van der Waals surface area (Å²) in [5, 5.41) is 1.13. The quantitative estimate of drug-likeness (QED) is 0.455. The van der Waals surface area contributed by atoms with Gasteiger partial charge in [0.05, 0.1) is 24.3 Å². The Kier molecular flexibility index (Phi) is 5.36. The number of amides is 2. The molecule has 0 spiro atoms. The summed E-state index contributed by atoms with van der Waals surface area (Å²) >= 11 is 2.13. The van der Waals surface area contributed by atoms with Gasteiger partial charge in [-0.1, -0.05) is 12.1 Å². The number of aromatic amines is 1. The van der Waals surface area contributed by atoms with Crippen LogP contribution in [0.2, 0.25) is 0 Å². The van der Waals surface area contributed by atoms with Crippen LogP contribution in [0.1, 0.15) is 12.1 Å². The van der Waals surface area contributed by atoms with Crippen LogP contribution in [0.15, 0.2) is 36.8 Å². The van der Waals surface area contributed by atoms with Crippen molar-refractivity contribution < 1.29 is 9.63 Å². The molecule has 0 saturated heterocycles. The number of nitrogens with two attached hydrogens (primary N) is 1. The van der Waals surface area contributed by atoms with Crippen LogP contribution in [-0.4, -0.2) is 22.6 Å². The molecule has 0 bridgehead atoms. The summed E-state index contributed by atoms with van der Waals surface area (Å²) in [6.45, 7) is 0.390. The first-order valence-corrected chi connectivity index (χ1v) is 7.21. The molecule has 0 radical (unpaired) electrons. The Morgan fingerprint density at radius 1 is 1.45 bits per heavy atom. The van der Waals surface area contributed by atoms with Crippen molar-refractivity contribution in [1.29, 1.82) is 0 Å². The molecule has 0 aliphatic carbocycles. The van der Waals surface area contributed by atoms with Gasteiger partial charge in [-0.05, 0) is 47.6 Å². The lowest BCUT2D eigenvalue weighted by Crippen LogP contribution is -2.36. The fourth-order valence-corrected chi connectivity index (χ4v) is 2.31. The summed E-state index contributed by atoms with van der Waals surface area (Å²) in [6.07, 6.45) is 5.00. The number of aryl methyl sites for hydroxylation is 1. The van der Waals surface area contributed by atoms with E-state index in [4.69, 9.17) is 10.6 Å². The highest BCUT2D eigenvalue weighted by Gasteiger charge is 2.15. The topological polar surface area (TPSA) is 84.2 Å². The number of aromatic nitrogens is 2. The summed E-state index contributed by atoms with van der Waals surface area (Å²) in [5.41, 5.74) is 6.98. The molecule has 1 aromatic carbocycles. The molecule has 3 N–H and O–H groups in total. The summed E-state index contributed by atoms with van der Waals surface area (Å²) in [4.78, 5) is 24.0. The van der Waals surface area contributed by atoms with E-state index in [-0.39, 0.29) is 0 Å². The Labute approximate surface area is 130 Å². The van der Waals surface area contributed by atoms with Crippen LogP contribution < -0.4 is 10.8 Å². The molecule has 0 fully saturated rings. The molecular weight excluding hydrogens is 371 g/mol. The molecule has 2 rings (SSSR count). The van der Waals surface area contributed by atoms with Gasteiger partial charge in [-0.15, -0.1) is 0 Å². The van der Waals surface area contributed by atoms with E-state index in [2.05, 4.69) is 32.6 Å². The van der Waals surface area contributed by atoms with Gasteiger partial charge in [0.1, 0.15) is 0 Å². The first-order chi connectivity index (χ1) is 9.68. The lowest BCUT2D eigenvalue weighted by molar-refractivity contribution is 0.118. The van der Waals surface area contributed by atoms with Crippen LogP contribution >= 0.6 is 22.6 Å². The van der Waals surface area contributed by atoms with Crippen molar-refractivity contribution in [1.82, 2.24) is 9.97 Å². The molecule has 0 unspecified atom stereocenters.